The Balaban J connectivity index is 3.10. The summed E-state index contributed by atoms with van der Waals surface area (Å²) in [7, 11) is 0. The summed E-state index contributed by atoms with van der Waals surface area (Å²) in [6.07, 6.45) is -5.62. The van der Waals surface area contributed by atoms with Crippen LogP contribution in [0, 0.1) is 0 Å². The van der Waals surface area contributed by atoms with Gasteiger partial charge in [-0.2, -0.15) is 13.2 Å². The first kappa shape index (κ1) is 11.4. The molecule has 0 amide bonds. The minimum Gasteiger partial charge on any atom is -0.478 e. The Morgan fingerprint density at radius 2 is 2.00 bits per heavy atom. The van der Waals surface area contributed by atoms with Crippen molar-refractivity contribution in [3.8, 4) is 0 Å². The molecule has 0 saturated carbocycles. The van der Waals surface area contributed by atoms with Gasteiger partial charge in [-0.15, -0.1) is 0 Å². The molecule has 0 bridgehead atoms. The fraction of sp³-hybridized carbons (Fsp3) is 0.222. The molecule has 0 atom stereocenters. The molecule has 0 fully saturated rings. The highest BCUT2D eigenvalue weighted by molar-refractivity contribution is 5.94. The Bertz CT molecular complexity index is 387. The fourth-order valence-electron chi connectivity index (χ4n) is 1.17. The molecule has 0 aromatic heterocycles. The molecule has 0 aliphatic carbocycles. The average molecular weight is 219 g/mol. The largest absolute Gasteiger partial charge is 0.478 e. The summed E-state index contributed by atoms with van der Waals surface area (Å²) in [5, 5.41) is 8.63. The number of rotatable bonds is 2. The summed E-state index contributed by atoms with van der Waals surface area (Å²) >= 11 is 0. The van der Waals surface area contributed by atoms with Gasteiger partial charge in [0, 0.05) is 5.69 Å². The number of alkyl halides is 3. The van der Waals surface area contributed by atoms with E-state index in [0.717, 1.165) is 12.1 Å². The number of nitrogens with two attached hydrogens (primary N) is 1. The molecule has 3 nitrogen and oxygen atoms in total. The van der Waals surface area contributed by atoms with Crippen LogP contribution in [0.2, 0.25) is 0 Å². The lowest BCUT2D eigenvalue weighted by atomic mass is 10.0. The summed E-state index contributed by atoms with van der Waals surface area (Å²) in [6.45, 7) is 0. The van der Waals surface area contributed by atoms with Gasteiger partial charge in [0.05, 0.1) is 12.0 Å². The highest BCUT2D eigenvalue weighted by Crippen LogP contribution is 2.26. The van der Waals surface area contributed by atoms with E-state index in [-0.39, 0.29) is 16.8 Å². The maximum absolute atomic E-state index is 12.1. The van der Waals surface area contributed by atoms with Crippen molar-refractivity contribution >= 4 is 11.7 Å². The molecule has 0 spiro atoms. The number of carboxylic acid groups (broad SMARTS) is 1. The summed E-state index contributed by atoms with van der Waals surface area (Å²) in [5.41, 5.74) is 4.45. The predicted molar refractivity (Wildman–Crippen MR) is 47.6 cm³/mol. The molecule has 0 aliphatic heterocycles. The summed E-state index contributed by atoms with van der Waals surface area (Å²) in [4.78, 5) is 10.6. The van der Waals surface area contributed by atoms with Crippen LogP contribution in [0.4, 0.5) is 18.9 Å². The Hall–Kier alpha value is -1.72. The lowest BCUT2D eigenvalue weighted by molar-refractivity contribution is -0.127. The number of carbonyl (C=O) groups is 1. The molecule has 0 aliphatic rings. The third-order valence-electron chi connectivity index (χ3n) is 1.82. The van der Waals surface area contributed by atoms with Crippen LogP contribution in [-0.2, 0) is 6.42 Å². The minimum absolute atomic E-state index is 0.220. The summed E-state index contributed by atoms with van der Waals surface area (Å²) in [6, 6.07) is 3.56. The fourth-order valence-corrected chi connectivity index (χ4v) is 1.17. The van der Waals surface area contributed by atoms with Gasteiger partial charge in [0.15, 0.2) is 0 Å². The van der Waals surface area contributed by atoms with Crippen molar-refractivity contribution in [2.45, 2.75) is 12.6 Å². The van der Waals surface area contributed by atoms with Gasteiger partial charge in [-0.25, -0.2) is 4.79 Å². The van der Waals surface area contributed by atoms with Crippen LogP contribution >= 0.6 is 0 Å². The number of aromatic carboxylic acids is 1. The second kappa shape index (κ2) is 3.80. The van der Waals surface area contributed by atoms with Crippen molar-refractivity contribution in [1.82, 2.24) is 0 Å². The van der Waals surface area contributed by atoms with Gasteiger partial charge in [0.1, 0.15) is 0 Å². The van der Waals surface area contributed by atoms with Crippen LogP contribution in [-0.4, -0.2) is 17.3 Å². The topological polar surface area (TPSA) is 63.3 Å². The first-order valence-electron chi connectivity index (χ1n) is 3.98. The summed E-state index contributed by atoms with van der Waals surface area (Å²) < 4.78 is 36.2. The van der Waals surface area contributed by atoms with E-state index in [1.54, 1.807) is 0 Å². The van der Waals surface area contributed by atoms with Crippen molar-refractivity contribution in [2.24, 2.45) is 0 Å². The monoisotopic (exact) mass is 219 g/mol. The molecule has 1 aromatic carbocycles. The van der Waals surface area contributed by atoms with Gasteiger partial charge in [0.25, 0.3) is 0 Å². The molecule has 0 saturated heterocycles. The molecule has 0 unspecified atom stereocenters. The lowest BCUT2D eigenvalue weighted by Crippen LogP contribution is -2.14. The number of carboxylic acids is 1. The Kier molecular flexibility index (Phi) is 2.88. The van der Waals surface area contributed by atoms with E-state index in [2.05, 4.69) is 0 Å². The van der Waals surface area contributed by atoms with Crippen LogP contribution in [0.5, 0.6) is 0 Å². The molecule has 6 heteroatoms. The third-order valence-corrected chi connectivity index (χ3v) is 1.82. The number of halogens is 3. The Morgan fingerprint density at radius 1 is 1.40 bits per heavy atom. The van der Waals surface area contributed by atoms with E-state index < -0.39 is 18.6 Å². The van der Waals surface area contributed by atoms with E-state index in [4.69, 9.17) is 10.8 Å². The zero-order valence-corrected chi connectivity index (χ0v) is 7.51. The van der Waals surface area contributed by atoms with Crippen LogP contribution in [0.25, 0.3) is 0 Å². The van der Waals surface area contributed by atoms with Crippen molar-refractivity contribution in [3.63, 3.8) is 0 Å². The standard InChI is InChI=1S/C9H8F3NO2/c10-9(11,12)4-5-2-1-3-6(7(5)13)8(14)15/h1-3H,4,13H2,(H,14,15). The third kappa shape index (κ3) is 2.87. The molecular formula is C9H8F3NO2. The molecule has 0 heterocycles. The van der Waals surface area contributed by atoms with E-state index in [1.807, 2.05) is 0 Å². The van der Waals surface area contributed by atoms with Gasteiger partial charge in [-0.3, -0.25) is 0 Å². The maximum Gasteiger partial charge on any atom is 0.393 e. The second-order valence-corrected chi connectivity index (χ2v) is 2.98. The molecule has 82 valence electrons. The highest BCUT2D eigenvalue weighted by atomic mass is 19.4. The summed E-state index contributed by atoms with van der Waals surface area (Å²) in [5.74, 6) is -1.34. The van der Waals surface area contributed by atoms with E-state index in [1.165, 1.54) is 6.07 Å². The number of hydrogen-bond acceptors (Lipinski definition) is 2. The zero-order chi connectivity index (χ0) is 11.6. The quantitative estimate of drug-likeness (QED) is 0.748. The number of para-hydroxylation sites is 1. The molecule has 15 heavy (non-hydrogen) atoms. The predicted octanol–water partition coefficient (Wildman–Crippen LogP) is 2.07. The normalized spacial score (nSPS) is 11.4. The van der Waals surface area contributed by atoms with Crippen molar-refractivity contribution in [2.75, 3.05) is 5.73 Å². The van der Waals surface area contributed by atoms with Crippen molar-refractivity contribution in [3.05, 3.63) is 29.3 Å². The minimum atomic E-state index is -4.40. The Labute approximate surface area is 83.3 Å². The van der Waals surface area contributed by atoms with Crippen molar-refractivity contribution < 1.29 is 23.1 Å². The lowest BCUT2D eigenvalue weighted by Gasteiger charge is -2.10. The first-order chi connectivity index (χ1) is 6.81. The van der Waals surface area contributed by atoms with Crippen LogP contribution in [0.15, 0.2) is 18.2 Å². The number of anilines is 1. The Morgan fingerprint density at radius 3 is 2.47 bits per heavy atom. The van der Waals surface area contributed by atoms with E-state index in [9.17, 15) is 18.0 Å². The zero-order valence-electron chi connectivity index (χ0n) is 7.51. The van der Waals surface area contributed by atoms with Gasteiger partial charge in [-0.1, -0.05) is 12.1 Å². The highest BCUT2D eigenvalue weighted by Gasteiger charge is 2.29. The van der Waals surface area contributed by atoms with Crippen LogP contribution < -0.4 is 5.73 Å². The van der Waals surface area contributed by atoms with Gasteiger partial charge in [0.2, 0.25) is 0 Å². The molecule has 1 aromatic rings. The van der Waals surface area contributed by atoms with Gasteiger partial charge >= 0.3 is 12.1 Å². The van der Waals surface area contributed by atoms with E-state index >= 15 is 0 Å². The van der Waals surface area contributed by atoms with Crippen LogP contribution in [0.3, 0.4) is 0 Å². The maximum atomic E-state index is 12.1. The molecule has 3 N–H and O–H groups in total. The van der Waals surface area contributed by atoms with Gasteiger partial charge in [-0.05, 0) is 11.6 Å². The number of benzene rings is 1. The first-order valence-corrected chi connectivity index (χ1v) is 3.98. The number of nitrogen functional groups attached to an aromatic ring is 1. The second-order valence-electron chi connectivity index (χ2n) is 2.98. The van der Waals surface area contributed by atoms with E-state index in [0.29, 0.717) is 0 Å². The van der Waals surface area contributed by atoms with Gasteiger partial charge < -0.3 is 10.8 Å². The molecule has 0 radical (unpaired) electrons. The van der Waals surface area contributed by atoms with Crippen molar-refractivity contribution in [1.29, 1.82) is 0 Å². The average Bonchev–Trinajstić information content (AvgIpc) is 2.05. The number of hydrogen-bond donors (Lipinski definition) is 2. The SMILES string of the molecule is Nc1c(CC(F)(F)F)cccc1C(=O)O. The molecule has 1 rings (SSSR count). The smallest absolute Gasteiger partial charge is 0.393 e. The molecular weight excluding hydrogens is 211 g/mol. The van der Waals surface area contributed by atoms with Crippen LogP contribution in [0.1, 0.15) is 15.9 Å².